The SMILES string of the molecule is c1ccc(-c2ccc3c(c2)c2cc(-c4ccccc4)ccc2n3-c2cc(-c3cccnc3)cc(-n3c4ccc(-c5ccccc5)cc4c4cc(-c5ccccc5)ccc43)c2-c2nc3ccccc3o2)cc1. The average Bonchev–Trinajstić information content (AvgIpc) is 4.13. The smallest absolute Gasteiger partial charge is 0.231 e. The highest BCUT2D eigenvalue weighted by Gasteiger charge is 2.27. The van der Waals surface area contributed by atoms with Crippen LogP contribution in [0.15, 0.2) is 259 Å². The summed E-state index contributed by atoms with van der Waals surface area (Å²) in [5.41, 5.74) is 19.8. The molecule has 0 aliphatic heterocycles. The molecule has 0 aliphatic carbocycles. The van der Waals surface area contributed by atoms with Crippen LogP contribution in [0.5, 0.6) is 0 Å². The summed E-state index contributed by atoms with van der Waals surface area (Å²) < 4.78 is 11.8. The number of aromatic nitrogens is 4. The first kappa shape index (κ1) is 40.5. The van der Waals surface area contributed by atoms with Crippen LogP contribution in [0.25, 0.3) is 133 Å². The quantitative estimate of drug-likeness (QED) is 0.153. The van der Waals surface area contributed by atoms with E-state index in [1.54, 1.807) is 0 Å². The van der Waals surface area contributed by atoms with Gasteiger partial charge in [0, 0.05) is 39.5 Å². The Morgan fingerprint density at radius 1 is 0.310 bits per heavy atom. The number of hydrogen-bond donors (Lipinski definition) is 0. The second-order valence-corrected chi connectivity index (χ2v) is 18.2. The van der Waals surface area contributed by atoms with Gasteiger partial charge in [-0.2, -0.15) is 0 Å². The van der Waals surface area contributed by atoms with Crippen molar-refractivity contribution in [2.45, 2.75) is 0 Å². The van der Waals surface area contributed by atoms with Crippen LogP contribution in [0.2, 0.25) is 0 Å². The number of para-hydroxylation sites is 2. The summed E-state index contributed by atoms with van der Waals surface area (Å²) in [6.07, 6.45) is 3.79. The Bertz CT molecular complexity index is 3860. The molecule has 71 heavy (non-hydrogen) atoms. The summed E-state index contributed by atoms with van der Waals surface area (Å²) in [7, 11) is 0. The van der Waals surface area contributed by atoms with Crippen molar-refractivity contribution >= 4 is 54.7 Å². The van der Waals surface area contributed by atoms with E-state index in [1.165, 1.54) is 22.3 Å². The van der Waals surface area contributed by atoms with Crippen molar-refractivity contribution in [1.29, 1.82) is 0 Å². The molecule has 0 amide bonds. The van der Waals surface area contributed by atoms with Gasteiger partial charge in [-0.15, -0.1) is 0 Å². The van der Waals surface area contributed by atoms with E-state index in [4.69, 9.17) is 9.40 Å². The molecule has 5 heteroatoms. The molecule has 0 spiro atoms. The molecule has 0 N–H and O–H groups in total. The highest BCUT2D eigenvalue weighted by molar-refractivity contribution is 6.14. The van der Waals surface area contributed by atoms with E-state index in [9.17, 15) is 0 Å². The fourth-order valence-electron chi connectivity index (χ4n) is 10.7. The maximum absolute atomic E-state index is 6.98. The second-order valence-electron chi connectivity index (χ2n) is 18.2. The van der Waals surface area contributed by atoms with Crippen LogP contribution in [0.3, 0.4) is 0 Å². The van der Waals surface area contributed by atoms with Gasteiger partial charge < -0.3 is 13.6 Å². The van der Waals surface area contributed by atoms with Crippen molar-refractivity contribution < 1.29 is 4.42 Å². The molecule has 0 saturated heterocycles. The standard InChI is InChI=1S/C66H42N4O/c1-5-16-43(17-6-1)47-27-31-58-53(36-47)54-37-48(44-18-7-2-8-19-44)28-32-59(54)69(58)62-40-52(51-24-15-35-67-42-51)41-63(65(62)66-68-57-25-13-14-26-64(57)71-66)70-60-33-29-49(45-20-9-3-10-21-45)38-55(60)56-39-50(30-34-61(56)70)46-22-11-4-12-23-46/h1-42H. The van der Waals surface area contributed by atoms with Crippen molar-refractivity contribution in [2.75, 3.05) is 0 Å². The van der Waals surface area contributed by atoms with Crippen LogP contribution in [-0.4, -0.2) is 19.1 Å². The minimum Gasteiger partial charge on any atom is -0.436 e. The van der Waals surface area contributed by atoms with Crippen molar-refractivity contribution in [2.24, 2.45) is 0 Å². The normalized spacial score (nSPS) is 11.7. The van der Waals surface area contributed by atoms with Gasteiger partial charge in [0.1, 0.15) is 5.52 Å². The van der Waals surface area contributed by atoms with E-state index >= 15 is 0 Å². The molecule has 0 atom stereocenters. The number of pyridine rings is 1. The molecular formula is C66H42N4O. The lowest BCUT2D eigenvalue weighted by atomic mass is 10.00. The van der Waals surface area contributed by atoms with Gasteiger partial charge in [0.05, 0.1) is 39.0 Å². The molecular weight excluding hydrogens is 865 g/mol. The van der Waals surface area contributed by atoms with Crippen LogP contribution in [0.4, 0.5) is 0 Å². The molecule has 0 saturated carbocycles. The van der Waals surface area contributed by atoms with Gasteiger partial charge in [0.2, 0.25) is 5.89 Å². The molecule has 0 bridgehead atoms. The molecule has 0 fully saturated rings. The van der Waals surface area contributed by atoms with Gasteiger partial charge in [0.25, 0.3) is 0 Å². The molecule has 4 heterocycles. The van der Waals surface area contributed by atoms with Gasteiger partial charge in [-0.25, -0.2) is 4.98 Å². The van der Waals surface area contributed by atoms with Gasteiger partial charge >= 0.3 is 0 Å². The van der Waals surface area contributed by atoms with E-state index in [1.807, 2.05) is 42.7 Å². The van der Waals surface area contributed by atoms with Crippen molar-refractivity contribution in [3.8, 4) is 78.5 Å². The predicted octanol–water partition coefficient (Wildman–Crippen LogP) is 17.4. The van der Waals surface area contributed by atoms with Crippen LogP contribution < -0.4 is 0 Å². The van der Waals surface area contributed by atoms with Gasteiger partial charge in [-0.05, 0) is 129 Å². The zero-order chi connectivity index (χ0) is 46.8. The molecule has 4 aromatic heterocycles. The summed E-state index contributed by atoms with van der Waals surface area (Å²) in [4.78, 5) is 10.0. The number of hydrogen-bond acceptors (Lipinski definition) is 3. The zero-order valence-corrected chi connectivity index (χ0v) is 38.4. The first-order chi connectivity index (χ1) is 35.2. The molecule has 0 unspecified atom stereocenters. The lowest BCUT2D eigenvalue weighted by molar-refractivity contribution is 0.619. The summed E-state index contributed by atoms with van der Waals surface area (Å²) in [6, 6.07) is 86.9. The Morgan fingerprint density at radius 3 is 1.07 bits per heavy atom. The first-order valence-corrected chi connectivity index (χ1v) is 24.0. The maximum Gasteiger partial charge on any atom is 0.231 e. The highest BCUT2D eigenvalue weighted by atomic mass is 16.3. The minimum absolute atomic E-state index is 0.530. The first-order valence-electron chi connectivity index (χ1n) is 24.0. The third-order valence-corrected chi connectivity index (χ3v) is 14.0. The van der Waals surface area contributed by atoms with Crippen LogP contribution in [0.1, 0.15) is 0 Å². The predicted molar refractivity (Wildman–Crippen MR) is 293 cm³/mol. The maximum atomic E-state index is 6.98. The summed E-state index contributed by atoms with van der Waals surface area (Å²) in [6.45, 7) is 0. The van der Waals surface area contributed by atoms with Crippen molar-refractivity contribution in [3.05, 3.63) is 255 Å². The molecule has 14 aromatic rings. The molecule has 14 rings (SSSR count). The molecule has 5 nitrogen and oxygen atoms in total. The Balaban J connectivity index is 1.14. The van der Waals surface area contributed by atoms with E-state index in [0.29, 0.717) is 5.89 Å². The van der Waals surface area contributed by atoms with Crippen LogP contribution in [0, 0.1) is 0 Å². The lowest BCUT2D eigenvalue weighted by Crippen LogP contribution is -2.05. The number of oxazole rings is 1. The monoisotopic (exact) mass is 906 g/mol. The summed E-state index contributed by atoms with van der Waals surface area (Å²) in [5, 5.41) is 4.59. The molecule has 0 aliphatic rings. The van der Waals surface area contributed by atoms with Crippen molar-refractivity contribution in [3.63, 3.8) is 0 Å². The summed E-state index contributed by atoms with van der Waals surface area (Å²) in [5.74, 6) is 0.530. The highest BCUT2D eigenvalue weighted by Crippen LogP contribution is 2.46. The van der Waals surface area contributed by atoms with E-state index in [2.05, 4.69) is 226 Å². The number of fused-ring (bicyclic) bond motifs is 7. The molecule has 10 aromatic carbocycles. The lowest BCUT2D eigenvalue weighted by Gasteiger charge is -2.20. The summed E-state index contributed by atoms with van der Waals surface area (Å²) >= 11 is 0. The van der Waals surface area contributed by atoms with Gasteiger partial charge in [-0.1, -0.05) is 164 Å². The third-order valence-electron chi connectivity index (χ3n) is 14.0. The van der Waals surface area contributed by atoms with E-state index < -0.39 is 0 Å². The van der Waals surface area contributed by atoms with Crippen LogP contribution in [-0.2, 0) is 0 Å². The Morgan fingerprint density at radius 2 is 0.690 bits per heavy atom. The second kappa shape index (κ2) is 16.6. The Kier molecular flexibility index (Phi) is 9.46. The topological polar surface area (TPSA) is 48.8 Å². The average molecular weight is 907 g/mol. The fraction of sp³-hybridized carbons (Fsp3) is 0. The number of benzene rings is 10. The fourth-order valence-corrected chi connectivity index (χ4v) is 10.7. The Labute approximate surface area is 409 Å². The zero-order valence-electron chi connectivity index (χ0n) is 38.4. The van der Waals surface area contributed by atoms with Gasteiger partial charge in [0.15, 0.2) is 5.58 Å². The minimum atomic E-state index is 0.530. The molecule has 0 radical (unpaired) electrons. The third kappa shape index (κ3) is 6.86. The van der Waals surface area contributed by atoms with Crippen molar-refractivity contribution in [1.82, 2.24) is 19.1 Å². The Hall–Kier alpha value is -9.58. The number of nitrogens with zero attached hydrogens (tertiary/aromatic N) is 4. The van der Waals surface area contributed by atoms with Gasteiger partial charge in [-0.3, -0.25) is 4.98 Å². The largest absolute Gasteiger partial charge is 0.436 e. The van der Waals surface area contributed by atoms with E-state index in [-0.39, 0.29) is 0 Å². The molecule has 332 valence electrons. The number of rotatable bonds is 8. The van der Waals surface area contributed by atoms with E-state index in [0.717, 1.165) is 105 Å². The van der Waals surface area contributed by atoms with Crippen LogP contribution >= 0.6 is 0 Å².